The van der Waals surface area contributed by atoms with Crippen LogP contribution in [0, 0.1) is 0 Å². The van der Waals surface area contributed by atoms with Crippen molar-refractivity contribution in [3.8, 4) is 11.3 Å². The fraction of sp³-hybridized carbons (Fsp3) is 0.320. The Bertz CT molecular complexity index is 1190. The number of carbonyl (C=O) groups excluding carboxylic acids is 2. The second kappa shape index (κ2) is 11.0. The number of anilines is 2. The molecule has 10 heteroatoms. The fourth-order valence-electron chi connectivity index (χ4n) is 3.97. The molecule has 182 valence electrons. The van der Waals surface area contributed by atoms with Crippen LogP contribution >= 0.6 is 0 Å². The first-order chi connectivity index (χ1) is 17.0. The molecule has 1 atom stereocenters. The van der Waals surface area contributed by atoms with E-state index >= 15 is 0 Å². The van der Waals surface area contributed by atoms with Crippen molar-refractivity contribution in [2.24, 2.45) is 5.73 Å². The van der Waals surface area contributed by atoms with Crippen LogP contribution in [0.2, 0.25) is 0 Å². The molecule has 10 nitrogen and oxygen atoms in total. The van der Waals surface area contributed by atoms with E-state index in [1.54, 1.807) is 12.4 Å². The number of morpholine rings is 1. The molecule has 1 aromatic carbocycles. The van der Waals surface area contributed by atoms with Gasteiger partial charge in [-0.1, -0.05) is 24.3 Å². The van der Waals surface area contributed by atoms with E-state index in [-0.39, 0.29) is 23.7 Å². The van der Waals surface area contributed by atoms with E-state index in [1.807, 2.05) is 30.3 Å². The van der Waals surface area contributed by atoms with Crippen LogP contribution in [-0.4, -0.2) is 66.2 Å². The lowest BCUT2D eigenvalue weighted by Crippen LogP contribution is -2.37. The predicted octanol–water partition coefficient (Wildman–Crippen LogP) is 1.43. The van der Waals surface area contributed by atoms with Crippen LogP contribution in [0.15, 0.2) is 48.9 Å². The molecular weight excluding hydrogens is 448 g/mol. The standard InChI is InChI=1S/C25H28N6O4/c1-34-25(33)19(26)12-16-2-4-17(5-3-16)20-15-29-24(27)23(30-20)22(32)13-18-14-28-7-6-21(18)31-8-10-35-11-9-31/h2-7,14-15,19H,8-13,26H2,1H3,(H2,27,29)/t19-/m1/s1. The molecule has 1 saturated heterocycles. The fourth-order valence-corrected chi connectivity index (χ4v) is 3.97. The van der Waals surface area contributed by atoms with E-state index < -0.39 is 12.0 Å². The molecule has 0 bridgehead atoms. The van der Waals surface area contributed by atoms with Gasteiger partial charge < -0.3 is 25.8 Å². The number of pyridine rings is 1. The molecule has 1 aliphatic rings. The summed E-state index contributed by atoms with van der Waals surface area (Å²) in [7, 11) is 1.31. The second-order valence-corrected chi connectivity index (χ2v) is 8.22. The molecule has 3 aromatic rings. The number of ketones is 1. The van der Waals surface area contributed by atoms with E-state index in [9.17, 15) is 9.59 Å². The number of Topliss-reactive ketones (excluding diaryl/α,β-unsaturated/α-hetero) is 1. The van der Waals surface area contributed by atoms with Gasteiger partial charge in [0.2, 0.25) is 0 Å². The van der Waals surface area contributed by atoms with E-state index in [2.05, 4.69) is 24.6 Å². The number of nitrogen functional groups attached to an aromatic ring is 1. The number of nitrogens with zero attached hydrogens (tertiary/aromatic N) is 4. The molecule has 1 aliphatic heterocycles. The molecule has 4 rings (SSSR count). The van der Waals surface area contributed by atoms with Crippen molar-refractivity contribution in [1.82, 2.24) is 15.0 Å². The van der Waals surface area contributed by atoms with E-state index in [1.165, 1.54) is 13.3 Å². The minimum atomic E-state index is -0.735. The van der Waals surface area contributed by atoms with Gasteiger partial charge in [-0.05, 0) is 18.1 Å². The van der Waals surface area contributed by atoms with Crippen molar-refractivity contribution < 1.29 is 19.1 Å². The Morgan fingerprint density at radius 1 is 1.14 bits per heavy atom. The highest BCUT2D eigenvalue weighted by atomic mass is 16.5. The number of esters is 1. The third-order valence-corrected chi connectivity index (χ3v) is 5.85. The van der Waals surface area contributed by atoms with Crippen molar-refractivity contribution in [2.45, 2.75) is 18.9 Å². The summed E-state index contributed by atoms with van der Waals surface area (Å²) in [5.74, 6) is -0.622. The number of nitrogens with two attached hydrogens (primary N) is 2. The molecule has 2 aromatic heterocycles. The van der Waals surface area contributed by atoms with E-state index in [4.69, 9.17) is 16.2 Å². The molecule has 4 N–H and O–H groups in total. The third-order valence-electron chi connectivity index (χ3n) is 5.85. The summed E-state index contributed by atoms with van der Waals surface area (Å²) in [5, 5.41) is 0. The highest BCUT2D eigenvalue weighted by Gasteiger charge is 2.20. The summed E-state index contributed by atoms with van der Waals surface area (Å²) in [6.07, 6.45) is 5.40. The third kappa shape index (κ3) is 5.79. The van der Waals surface area contributed by atoms with Gasteiger partial charge in [-0.25, -0.2) is 9.97 Å². The van der Waals surface area contributed by atoms with Gasteiger partial charge in [0.25, 0.3) is 0 Å². The van der Waals surface area contributed by atoms with Crippen LogP contribution in [-0.2, 0) is 27.1 Å². The van der Waals surface area contributed by atoms with Gasteiger partial charge in [-0.3, -0.25) is 14.6 Å². The average Bonchev–Trinajstić information content (AvgIpc) is 2.89. The molecule has 0 aliphatic carbocycles. The molecular formula is C25H28N6O4. The highest BCUT2D eigenvalue weighted by molar-refractivity contribution is 6.00. The lowest BCUT2D eigenvalue weighted by molar-refractivity contribution is -0.142. The highest BCUT2D eigenvalue weighted by Crippen LogP contribution is 2.24. The summed E-state index contributed by atoms with van der Waals surface area (Å²) in [4.78, 5) is 39.9. The Kier molecular flexibility index (Phi) is 7.64. The second-order valence-electron chi connectivity index (χ2n) is 8.22. The number of carbonyl (C=O) groups is 2. The zero-order chi connectivity index (χ0) is 24.8. The predicted molar refractivity (Wildman–Crippen MR) is 131 cm³/mol. The van der Waals surface area contributed by atoms with Gasteiger partial charge in [0.1, 0.15) is 11.7 Å². The monoisotopic (exact) mass is 476 g/mol. The number of methoxy groups -OCH3 is 1. The van der Waals surface area contributed by atoms with Crippen molar-refractivity contribution in [2.75, 3.05) is 44.0 Å². The van der Waals surface area contributed by atoms with Crippen LogP contribution in [0.25, 0.3) is 11.3 Å². The Morgan fingerprint density at radius 3 is 2.60 bits per heavy atom. The smallest absolute Gasteiger partial charge is 0.322 e. The summed E-state index contributed by atoms with van der Waals surface area (Å²) in [6, 6.07) is 8.55. The number of rotatable bonds is 8. The Hall–Kier alpha value is -3.89. The maximum Gasteiger partial charge on any atom is 0.322 e. The molecule has 0 radical (unpaired) electrons. The number of benzene rings is 1. The van der Waals surface area contributed by atoms with Gasteiger partial charge >= 0.3 is 5.97 Å². The lowest BCUT2D eigenvalue weighted by Gasteiger charge is -2.30. The Balaban J connectivity index is 1.52. The number of hydrogen-bond acceptors (Lipinski definition) is 10. The molecule has 0 spiro atoms. The number of aromatic nitrogens is 3. The van der Waals surface area contributed by atoms with Crippen LogP contribution in [0.5, 0.6) is 0 Å². The molecule has 0 saturated carbocycles. The van der Waals surface area contributed by atoms with Crippen molar-refractivity contribution >= 4 is 23.3 Å². The largest absolute Gasteiger partial charge is 0.468 e. The van der Waals surface area contributed by atoms with Gasteiger partial charge in [-0.15, -0.1) is 0 Å². The van der Waals surface area contributed by atoms with Crippen molar-refractivity contribution in [1.29, 1.82) is 0 Å². The summed E-state index contributed by atoms with van der Waals surface area (Å²) < 4.78 is 10.1. The number of ether oxygens (including phenoxy) is 2. The molecule has 0 amide bonds. The number of hydrogen-bond donors (Lipinski definition) is 2. The average molecular weight is 477 g/mol. The molecule has 3 heterocycles. The normalized spacial score (nSPS) is 14.4. The van der Waals surface area contributed by atoms with Crippen LogP contribution in [0.3, 0.4) is 0 Å². The van der Waals surface area contributed by atoms with Gasteiger partial charge in [0, 0.05) is 48.7 Å². The molecule has 1 fully saturated rings. The van der Waals surface area contributed by atoms with Crippen molar-refractivity contribution in [3.05, 3.63) is 65.7 Å². The minimum Gasteiger partial charge on any atom is -0.468 e. The van der Waals surface area contributed by atoms with Crippen LogP contribution < -0.4 is 16.4 Å². The summed E-state index contributed by atoms with van der Waals surface area (Å²) >= 11 is 0. The van der Waals surface area contributed by atoms with Crippen LogP contribution in [0.1, 0.15) is 21.6 Å². The zero-order valence-corrected chi connectivity index (χ0v) is 19.5. The van der Waals surface area contributed by atoms with Gasteiger partial charge in [0.05, 0.1) is 32.2 Å². The first-order valence-corrected chi connectivity index (χ1v) is 11.3. The van der Waals surface area contributed by atoms with E-state index in [0.29, 0.717) is 25.3 Å². The Labute approximate surface area is 203 Å². The maximum absolute atomic E-state index is 13.2. The summed E-state index contributed by atoms with van der Waals surface area (Å²) in [5.41, 5.74) is 15.9. The summed E-state index contributed by atoms with van der Waals surface area (Å²) in [6.45, 7) is 2.79. The first-order valence-electron chi connectivity index (χ1n) is 11.3. The van der Waals surface area contributed by atoms with Gasteiger partial charge in [-0.2, -0.15) is 0 Å². The van der Waals surface area contributed by atoms with Crippen molar-refractivity contribution in [3.63, 3.8) is 0 Å². The quantitative estimate of drug-likeness (QED) is 0.361. The lowest BCUT2D eigenvalue weighted by atomic mass is 10.0. The van der Waals surface area contributed by atoms with Gasteiger partial charge in [0.15, 0.2) is 11.6 Å². The molecule has 0 unspecified atom stereocenters. The zero-order valence-electron chi connectivity index (χ0n) is 19.5. The molecule has 35 heavy (non-hydrogen) atoms. The topological polar surface area (TPSA) is 147 Å². The van der Waals surface area contributed by atoms with E-state index in [0.717, 1.165) is 35.5 Å². The van der Waals surface area contributed by atoms with Crippen LogP contribution in [0.4, 0.5) is 11.5 Å². The maximum atomic E-state index is 13.2. The SMILES string of the molecule is COC(=O)[C@H](N)Cc1ccc(-c2cnc(N)c(C(=O)Cc3cnccc3N3CCOCC3)n2)cc1. The Morgan fingerprint density at radius 2 is 1.89 bits per heavy atom. The first kappa shape index (κ1) is 24.2. The minimum absolute atomic E-state index is 0.0798.